The van der Waals surface area contributed by atoms with E-state index in [1.165, 1.54) is 0 Å². The van der Waals surface area contributed by atoms with Gasteiger partial charge in [-0.05, 0) is 35.9 Å². The average molecular weight is 353 g/mol. The van der Waals surface area contributed by atoms with Crippen LogP contribution in [0.1, 0.15) is 11.4 Å². The molecule has 0 radical (unpaired) electrons. The molecular formula is C18H13ClN4O2. The van der Waals surface area contributed by atoms with Gasteiger partial charge in [-0.25, -0.2) is 9.97 Å². The summed E-state index contributed by atoms with van der Waals surface area (Å²) in [6.07, 6.45) is 3.52. The highest BCUT2D eigenvalue weighted by atomic mass is 35.5. The number of nitrogens with one attached hydrogen (secondary N) is 1. The highest BCUT2D eigenvalue weighted by Gasteiger charge is 2.13. The summed E-state index contributed by atoms with van der Waals surface area (Å²) in [6.45, 7) is 0. The molecule has 7 heteroatoms. The molecular weight excluding hydrogens is 340 g/mol. The first-order valence-corrected chi connectivity index (χ1v) is 7.72. The van der Waals surface area contributed by atoms with E-state index in [1.807, 2.05) is 24.3 Å². The summed E-state index contributed by atoms with van der Waals surface area (Å²) in [7, 11) is 0. The molecule has 0 saturated carbocycles. The van der Waals surface area contributed by atoms with Crippen LogP contribution in [-0.4, -0.2) is 21.8 Å². The van der Waals surface area contributed by atoms with Gasteiger partial charge in [-0.2, -0.15) is 0 Å². The first-order valence-electron chi connectivity index (χ1n) is 7.34. The lowest BCUT2D eigenvalue weighted by Crippen LogP contribution is -2.30. The Bertz CT molecular complexity index is 984. The van der Waals surface area contributed by atoms with Gasteiger partial charge in [0.15, 0.2) is 5.82 Å². The standard InChI is InChI=1S/C18H13ClN4O2/c19-12-8-5-11(6-9-12)7-10-15-21-14-4-2-1-3-13(14)17(22-15)23-18(25)16(20)24/h1-10H,(H2,20,24)(H,21,22,23,25)/b10-7+. The van der Waals surface area contributed by atoms with Crippen molar-refractivity contribution in [1.82, 2.24) is 9.97 Å². The Kier molecular flexibility index (Phi) is 4.72. The summed E-state index contributed by atoms with van der Waals surface area (Å²) in [5.41, 5.74) is 6.55. The zero-order valence-electron chi connectivity index (χ0n) is 12.9. The Labute approximate surface area is 148 Å². The van der Waals surface area contributed by atoms with E-state index in [-0.39, 0.29) is 5.82 Å². The summed E-state index contributed by atoms with van der Waals surface area (Å²) >= 11 is 5.86. The number of primary amides is 1. The maximum atomic E-state index is 11.6. The molecule has 0 spiro atoms. The van der Waals surface area contributed by atoms with E-state index in [4.69, 9.17) is 17.3 Å². The number of aromatic nitrogens is 2. The fraction of sp³-hybridized carbons (Fsp3) is 0. The van der Waals surface area contributed by atoms with E-state index in [0.717, 1.165) is 5.56 Å². The van der Waals surface area contributed by atoms with Crippen LogP contribution in [0.4, 0.5) is 5.82 Å². The quantitative estimate of drug-likeness (QED) is 0.708. The van der Waals surface area contributed by atoms with Gasteiger partial charge in [0, 0.05) is 10.4 Å². The predicted octanol–water partition coefficient (Wildman–Crippen LogP) is 2.88. The number of carbonyl (C=O) groups is 2. The fourth-order valence-electron chi connectivity index (χ4n) is 2.18. The summed E-state index contributed by atoms with van der Waals surface area (Å²) in [4.78, 5) is 31.3. The largest absolute Gasteiger partial charge is 0.361 e. The van der Waals surface area contributed by atoms with Crippen LogP contribution in [0, 0.1) is 0 Å². The molecule has 2 amide bonds. The number of fused-ring (bicyclic) bond motifs is 1. The minimum atomic E-state index is -1.08. The van der Waals surface area contributed by atoms with Crippen molar-refractivity contribution in [2.75, 3.05) is 5.32 Å². The maximum absolute atomic E-state index is 11.6. The molecule has 0 aliphatic carbocycles. The zero-order valence-corrected chi connectivity index (χ0v) is 13.7. The van der Waals surface area contributed by atoms with Gasteiger partial charge in [0.2, 0.25) is 0 Å². The van der Waals surface area contributed by atoms with Crippen LogP contribution in [0.3, 0.4) is 0 Å². The minimum Gasteiger partial charge on any atom is -0.361 e. The van der Waals surface area contributed by atoms with Crippen LogP contribution in [0.2, 0.25) is 5.02 Å². The number of benzene rings is 2. The summed E-state index contributed by atoms with van der Waals surface area (Å²) in [5, 5.41) is 3.67. The Hall–Kier alpha value is -3.25. The molecule has 1 heterocycles. The number of hydrogen-bond donors (Lipinski definition) is 2. The van der Waals surface area contributed by atoms with Crippen LogP contribution in [0.5, 0.6) is 0 Å². The second-order valence-corrected chi connectivity index (χ2v) is 5.59. The van der Waals surface area contributed by atoms with Crippen LogP contribution >= 0.6 is 11.6 Å². The van der Waals surface area contributed by atoms with Gasteiger partial charge >= 0.3 is 11.8 Å². The second-order valence-electron chi connectivity index (χ2n) is 5.15. The van der Waals surface area contributed by atoms with E-state index in [9.17, 15) is 9.59 Å². The number of para-hydroxylation sites is 1. The van der Waals surface area contributed by atoms with Gasteiger partial charge in [-0.15, -0.1) is 0 Å². The SMILES string of the molecule is NC(=O)C(=O)Nc1nc(/C=C/c2ccc(Cl)cc2)nc2ccccc12. The van der Waals surface area contributed by atoms with E-state index < -0.39 is 11.8 Å². The van der Waals surface area contributed by atoms with Crippen LogP contribution in [-0.2, 0) is 9.59 Å². The molecule has 1 aromatic heterocycles. The smallest absolute Gasteiger partial charge is 0.314 e. The van der Waals surface area contributed by atoms with Gasteiger partial charge < -0.3 is 11.1 Å². The zero-order chi connectivity index (χ0) is 17.8. The van der Waals surface area contributed by atoms with E-state index in [0.29, 0.717) is 21.7 Å². The normalized spacial score (nSPS) is 10.9. The molecule has 0 saturated heterocycles. The molecule has 0 fully saturated rings. The fourth-order valence-corrected chi connectivity index (χ4v) is 2.30. The van der Waals surface area contributed by atoms with Crippen LogP contribution in [0.25, 0.3) is 23.1 Å². The molecule has 6 nitrogen and oxygen atoms in total. The highest BCUT2D eigenvalue weighted by molar-refractivity contribution is 6.39. The van der Waals surface area contributed by atoms with Crippen molar-refractivity contribution < 1.29 is 9.59 Å². The summed E-state index contributed by atoms with van der Waals surface area (Å²) in [6, 6.07) is 14.4. The Balaban J connectivity index is 1.99. The number of amides is 2. The third kappa shape index (κ3) is 3.99. The number of carbonyl (C=O) groups excluding carboxylic acids is 2. The van der Waals surface area contributed by atoms with Crippen molar-refractivity contribution in [3.63, 3.8) is 0 Å². The number of hydrogen-bond acceptors (Lipinski definition) is 4. The van der Waals surface area contributed by atoms with E-state index >= 15 is 0 Å². The van der Waals surface area contributed by atoms with Crippen molar-refractivity contribution in [3.8, 4) is 0 Å². The van der Waals surface area contributed by atoms with Crippen LogP contribution < -0.4 is 11.1 Å². The minimum absolute atomic E-state index is 0.227. The third-order valence-corrected chi connectivity index (χ3v) is 3.62. The molecule has 0 unspecified atom stereocenters. The predicted molar refractivity (Wildman–Crippen MR) is 97.7 cm³/mol. The van der Waals surface area contributed by atoms with Gasteiger partial charge in [-0.3, -0.25) is 9.59 Å². The van der Waals surface area contributed by atoms with E-state index in [2.05, 4.69) is 15.3 Å². The van der Waals surface area contributed by atoms with Gasteiger partial charge in [0.05, 0.1) is 5.52 Å². The highest BCUT2D eigenvalue weighted by Crippen LogP contribution is 2.21. The monoisotopic (exact) mass is 352 g/mol. The Morgan fingerprint density at radius 1 is 1.00 bits per heavy atom. The van der Waals surface area contributed by atoms with Gasteiger partial charge in [0.25, 0.3) is 0 Å². The van der Waals surface area contributed by atoms with Crippen molar-refractivity contribution in [2.45, 2.75) is 0 Å². The number of halogens is 1. The molecule has 3 N–H and O–H groups in total. The molecule has 0 aliphatic rings. The van der Waals surface area contributed by atoms with Gasteiger partial charge in [-0.1, -0.05) is 41.9 Å². The molecule has 0 atom stereocenters. The van der Waals surface area contributed by atoms with Crippen molar-refractivity contribution in [1.29, 1.82) is 0 Å². The number of rotatable bonds is 3. The lowest BCUT2D eigenvalue weighted by Gasteiger charge is -2.07. The number of anilines is 1. The molecule has 0 aliphatic heterocycles. The third-order valence-electron chi connectivity index (χ3n) is 3.37. The summed E-state index contributed by atoms with van der Waals surface area (Å²) in [5.74, 6) is -1.41. The van der Waals surface area contributed by atoms with Crippen molar-refractivity contribution in [3.05, 3.63) is 64.9 Å². The Morgan fingerprint density at radius 3 is 2.44 bits per heavy atom. The van der Waals surface area contributed by atoms with Crippen LogP contribution in [0.15, 0.2) is 48.5 Å². The topological polar surface area (TPSA) is 98.0 Å². The molecule has 3 rings (SSSR count). The average Bonchev–Trinajstić information content (AvgIpc) is 2.61. The molecule has 25 heavy (non-hydrogen) atoms. The molecule has 124 valence electrons. The number of nitrogens with zero attached hydrogens (tertiary/aromatic N) is 2. The van der Waals surface area contributed by atoms with E-state index in [1.54, 1.807) is 36.4 Å². The maximum Gasteiger partial charge on any atom is 0.314 e. The van der Waals surface area contributed by atoms with Gasteiger partial charge in [0.1, 0.15) is 5.82 Å². The second kappa shape index (κ2) is 7.11. The lowest BCUT2D eigenvalue weighted by molar-refractivity contribution is -0.134. The Morgan fingerprint density at radius 2 is 1.72 bits per heavy atom. The number of nitrogens with two attached hydrogens (primary N) is 1. The molecule has 3 aromatic rings. The first-order chi connectivity index (χ1) is 12.0. The van der Waals surface area contributed by atoms with Crippen molar-refractivity contribution in [2.24, 2.45) is 5.73 Å². The van der Waals surface area contributed by atoms with Crippen molar-refractivity contribution >= 4 is 52.3 Å². The molecule has 0 bridgehead atoms. The first kappa shape index (κ1) is 16.6. The lowest BCUT2D eigenvalue weighted by atomic mass is 10.2. The molecule has 2 aromatic carbocycles. The summed E-state index contributed by atoms with van der Waals surface area (Å²) < 4.78 is 0.